The number of hydrogen-bond acceptors (Lipinski definition) is 3. The lowest BCUT2D eigenvalue weighted by atomic mass is 9.92. The fourth-order valence-corrected chi connectivity index (χ4v) is 3.95. The molecule has 2 fully saturated rings. The average molecular weight is 329 g/mol. The van der Waals surface area contributed by atoms with Crippen LogP contribution in [0.5, 0.6) is 0 Å². The third-order valence-corrected chi connectivity index (χ3v) is 5.52. The number of likely N-dealkylation sites (N-methyl/N-ethyl adjacent to an activating group) is 1. The molecule has 0 bridgehead atoms. The van der Waals surface area contributed by atoms with Gasteiger partial charge < -0.3 is 9.80 Å². The number of likely N-dealkylation sites (tertiary alicyclic amines) is 1. The van der Waals surface area contributed by atoms with E-state index < -0.39 is 0 Å². The molecule has 0 unspecified atom stereocenters. The molecule has 0 aliphatic carbocycles. The van der Waals surface area contributed by atoms with Gasteiger partial charge in [0.25, 0.3) is 0 Å². The molecule has 1 amide bonds. The average Bonchev–Trinajstić information content (AvgIpc) is 2.97. The highest BCUT2D eigenvalue weighted by atomic mass is 16.2. The van der Waals surface area contributed by atoms with Crippen molar-refractivity contribution in [2.45, 2.75) is 31.6 Å². The highest BCUT2D eigenvalue weighted by Crippen LogP contribution is 2.27. The van der Waals surface area contributed by atoms with E-state index in [-0.39, 0.29) is 0 Å². The highest BCUT2D eigenvalue weighted by Gasteiger charge is 2.23. The molecular formula is C20H31N3O. The van der Waals surface area contributed by atoms with Crippen molar-refractivity contribution in [3.63, 3.8) is 0 Å². The summed E-state index contributed by atoms with van der Waals surface area (Å²) in [6, 6.07) is 10.8. The highest BCUT2D eigenvalue weighted by molar-refractivity contribution is 5.78. The molecule has 0 spiro atoms. The Labute approximate surface area is 146 Å². The van der Waals surface area contributed by atoms with E-state index in [9.17, 15) is 4.79 Å². The minimum atomic E-state index is 0.327. The number of carbonyl (C=O) groups is 1. The van der Waals surface area contributed by atoms with Crippen LogP contribution in [0.15, 0.2) is 30.3 Å². The lowest BCUT2D eigenvalue weighted by Crippen LogP contribution is -2.42. The molecule has 2 aliphatic heterocycles. The molecule has 0 radical (unpaired) electrons. The van der Waals surface area contributed by atoms with E-state index in [0.717, 1.165) is 52.1 Å². The Balaban J connectivity index is 1.51. The van der Waals surface area contributed by atoms with Crippen LogP contribution in [0.4, 0.5) is 0 Å². The van der Waals surface area contributed by atoms with Crippen LogP contribution >= 0.6 is 0 Å². The Kier molecular flexibility index (Phi) is 6.27. The van der Waals surface area contributed by atoms with Gasteiger partial charge in [0.1, 0.15) is 0 Å². The number of hydrogen-bond donors (Lipinski definition) is 0. The van der Waals surface area contributed by atoms with Crippen molar-refractivity contribution in [1.29, 1.82) is 0 Å². The van der Waals surface area contributed by atoms with Gasteiger partial charge in [-0.2, -0.15) is 0 Å². The lowest BCUT2D eigenvalue weighted by molar-refractivity contribution is -0.132. The van der Waals surface area contributed by atoms with E-state index in [1.54, 1.807) is 0 Å². The monoisotopic (exact) mass is 329 g/mol. The van der Waals surface area contributed by atoms with Gasteiger partial charge in [-0.3, -0.25) is 9.69 Å². The van der Waals surface area contributed by atoms with Gasteiger partial charge in [0, 0.05) is 26.2 Å². The summed E-state index contributed by atoms with van der Waals surface area (Å²) in [4.78, 5) is 19.5. The third kappa shape index (κ3) is 4.81. The first-order valence-corrected chi connectivity index (χ1v) is 9.46. The molecule has 1 aromatic carbocycles. The molecule has 0 aromatic heterocycles. The molecule has 0 saturated carbocycles. The third-order valence-electron chi connectivity index (χ3n) is 5.52. The summed E-state index contributed by atoms with van der Waals surface area (Å²) in [5, 5.41) is 0. The van der Waals surface area contributed by atoms with Gasteiger partial charge in [-0.15, -0.1) is 0 Å². The Morgan fingerprint density at radius 3 is 2.62 bits per heavy atom. The van der Waals surface area contributed by atoms with E-state index in [2.05, 4.69) is 52.1 Å². The topological polar surface area (TPSA) is 26.8 Å². The van der Waals surface area contributed by atoms with Crippen LogP contribution in [0.3, 0.4) is 0 Å². The SMILES string of the molecule is CN1CCCN(CC(=O)N2CCC[C@@H](c3ccccc3)CC2)CC1. The zero-order valence-corrected chi connectivity index (χ0v) is 15.0. The van der Waals surface area contributed by atoms with Crippen molar-refractivity contribution in [1.82, 2.24) is 14.7 Å². The van der Waals surface area contributed by atoms with E-state index in [0.29, 0.717) is 18.4 Å². The summed E-state index contributed by atoms with van der Waals surface area (Å²) in [7, 11) is 2.17. The summed E-state index contributed by atoms with van der Waals surface area (Å²) < 4.78 is 0. The van der Waals surface area contributed by atoms with Crippen LogP contribution in [0, 0.1) is 0 Å². The molecule has 0 N–H and O–H groups in total. The van der Waals surface area contributed by atoms with Gasteiger partial charge in [0.05, 0.1) is 6.54 Å². The Bertz CT molecular complexity index is 519. The summed E-state index contributed by atoms with van der Waals surface area (Å²) in [6.45, 7) is 6.72. The van der Waals surface area contributed by atoms with Gasteiger partial charge in [-0.1, -0.05) is 30.3 Å². The fourth-order valence-electron chi connectivity index (χ4n) is 3.95. The quantitative estimate of drug-likeness (QED) is 0.852. The molecule has 3 rings (SSSR count). The van der Waals surface area contributed by atoms with Crippen molar-refractivity contribution in [2.24, 2.45) is 0 Å². The van der Waals surface area contributed by atoms with Gasteiger partial charge in [0.2, 0.25) is 5.91 Å². The normalized spacial score (nSPS) is 24.4. The van der Waals surface area contributed by atoms with E-state index in [1.165, 1.54) is 18.4 Å². The van der Waals surface area contributed by atoms with Crippen molar-refractivity contribution < 1.29 is 4.79 Å². The van der Waals surface area contributed by atoms with Gasteiger partial charge >= 0.3 is 0 Å². The molecule has 1 atom stereocenters. The van der Waals surface area contributed by atoms with Crippen molar-refractivity contribution >= 4 is 5.91 Å². The molecular weight excluding hydrogens is 298 g/mol. The Morgan fingerprint density at radius 2 is 1.79 bits per heavy atom. The first-order valence-electron chi connectivity index (χ1n) is 9.46. The number of rotatable bonds is 3. The van der Waals surface area contributed by atoms with Crippen molar-refractivity contribution in [2.75, 3.05) is 52.9 Å². The molecule has 4 nitrogen and oxygen atoms in total. The van der Waals surface area contributed by atoms with Crippen molar-refractivity contribution in [3.8, 4) is 0 Å². The first kappa shape index (κ1) is 17.4. The molecule has 2 aliphatic rings. The second-order valence-corrected chi connectivity index (χ2v) is 7.35. The lowest BCUT2D eigenvalue weighted by Gasteiger charge is -2.25. The first-order chi connectivity index (χ1) is 11.7. The zero-order valence-electron chi connectivity index (χ0n) is 15.0. The molecule has 1 aromatic rings. The van der Waals surface area contributed by atoms with Crippen LogP contribution in [0.2, 0.25) is 0 Å². The number of carbonyl (C=O) groups excluding carboxylic acids is 1. The largest absolute Gasteiger partial charge is 0.342 e. The Morgan fingerprint density at radius 1 is 0.958 bits per heavy atom. The van der Waals surface area contributed by atoms with Gasteiger partial charge in [0.15, 0.2) is 0 Å². The summed E-state index contributed by atoms with van der Waals surface area (Å²) >= 11 is 0. The minimum absolute atomic E-state index is 0.327. The maximum Gasteiger partial charge on any atom is 0.236 e. The number of nitrogens with zero attached hydrogens (tertiary/aromatic N) is 3. The van der Waals surface area contributed by atoms with Crippen LogP contribution in [-0.2, 0) is 4.79 Å². The van der Waals surface area contributed by atoms with E-state index in [4.69, 9.17) is 0 Å². The summed E-state index contributed by atoms with van der Waals surface area (Å²) in [6.07, 6.45) is 4.58. The minimum Gasteiger partial charge on any atom is -0.342 e. The van der Waals surface area contributed by atoms with Crippen molar-refractivity contribution in [3.05, 3.63) is 35.9 Å². The van der Waals surface area contributed by atoms with Crippen LogP contribution in [0.25, 0.3) is 0 Å². The Hall–Kier alpha value is -1.39. The smallest absolute Gasteiger partial charge is 0.236 e. The van der Waals surface area contributed by atoms with Crippen LogP contribution < -0.4 is 0 Å². The van der Waals surface area contributed by atoms with E-state index >= 15 is 0 Å². The van der Waals surface area contributed by atoms with E-state index in [1.807, 2.05) is 0 Å². The maximum absolute atomic E-state index is 12.7. The van der Waals surface area contributed by atoms with Crippen LogP contribution in [0.1, 0.15) is 37.2 Å². The summed E-state index contributed by atoms with van der Waals surface area (Å²) in [5.74, 6) is 0.934. The zero-order chi connectivity index (χ0) is 16.8. The predicted molar refractivity (Wildman–Crippen MR) is 98.2 cm³/mol. The van der Waals surface area contributed by atoms with Gasteiger partial charge in [-0.25, -0.2) is 0 Å². The molecule has 2 heterocycles. The molecule has 132 valence electrons. The number of amides is 1. The maximum atomic E-state index is 12.7. The molecule has 24 heavy (non-hydrogen) atoms. The van der Waals surface area contributed by atoms with Crippen LogP contribution in [-0.4, -0.2) is 73.5 Å². The predicted octanol–water partition coefficient (Wildman–Crippen LogP) is 2.42. The molecule has 2 saturated heterocycles. The summed E-state index contributed by atoms with van der Waals surface area (Å²) in [5.41, 5.74) is 1.43. The van der Waals surface area contributed by atoms with Gasteiger partial charge in [-0.05, 0) is 57.3 Å². The molecule has 4 heteroatoms. The second-order valence-electron chi connectivity index (χ2n) is 7.35. The number of benzene rings is 1. The second kappa shape index (κ2) is 8.63. The standard InChI is InChI=1S/C20H31N3O/c1-21-11-6-12-22(16-15-21)17-20(24)23-13-5-9-19(10-14-23)18-7-3-2-4-8-18/h2-4,7-8,19H,5-6,9-17H2,1H3/t19-/m1/s1. The fraction of sp³-hybridized carbons (Fsp3) is 0.650.